The first-order chi connectivity index (χ1) is 11.4. The van der Waals surface area contributed by atoms with E-state index in [2.05, 4.69) is 25.7 Å². The predicted molar refractivity (Wildman–Crippen MR) is 78.6 cm³/mol. The molecule has 0 aliphatic carbocycles. The van der Waals surface area contributed by atoms with Crippen molar-refractivity contribution >= 4 is 18.0 Å². The number of aromatic nitrogens is 4. The van der Waals surface area contributed by atoms with Gasteiger partial charge in [0.05, 0.1) is 0 Å². The molecule has 1 aromatic heterocycles. The molecule has 1 rings (SSSR count). The zero-order valence-corrected chi connectivity index (χ0v) is 13.2. The fourth-order valence-corrected chi connectivity index (χ4v) is 1.81. The monoisotopic (exact) mass is 342 g/mol. The Morgan fingerprint density at radius 1 is 1.17 bits per heavy atom. The molecular weight excluding hydrogens is 323 g/mol. The van der Waals surface area contributed by atoms with E-state index >= 15 is 0 Å². The summed E-state index contributed by atoms with van der Waals surface area (Å²) in [7, 11) is 0. The van der Waals surface area contributed by atoms with Gasteiger partial charge < -0.3 is 15.7 Å². The molecular formula is C13H19FN6O4. The topological polar surface area (TPSA) is 147 Å². The average Bonchev–Trinajstić information content (AvgIpc) is 2.52. The second kappa shape index (κ2) is 10.1. The van der Waals surface area contributed by atoms with Gasteiger partial charge in [0, 0.05) is 19.4 Å². The molecule has 0 aliphatic heterocycles. The summed E-state index contributed by atoms with van der Waals surface area (Å²) in [4.78, 5) is 32.6. The summed E-state index contributed by atoms with van der Waals surface area (Å²) < 4.78 is 12.2. The molecule has 1 unspecified atom stereocenters. The normalized spacial score (nSPS) is 11.6. The summed E-state index contributed by atoms with van der Waals surface area (Å²) in [5.74, 6) is -0.676. The molecule has 10 nitrogen and oxygen atoms in total. The molecule has 2 amide bonds. The van der Waals surface area contributed by atoms with E-state index in [0.29, 0.717) is 37.5 Å². The van der Waals surface area contributed by atoms with Crippen molar-refractivity contribution in [2.24, 2.45) is 0 Å². The van der Waals surface area contributed by atoms with Crippen LogP contribution >= 0.6 is 0 Å². The highest BCUT2D eigenvalue weighted by Crippen LogP contribution is 2.02. The van der Waals surface area contributed by atoms with Crippen LogP contribution in [0.3, 0.4) is 0 Å². The minimum absolute atomic E-state index is 0.0788. The van der Waals surface area contributed by atoms with Crippen molar-refractivity contribution < 1.29 is 23.9 Å². The Balaban J connectivity index is 2.15. The Morgan fingerprint density at radius 3 is 2.42 bits per heavy atom. The minimum Gasteiger partial charge on any atom is -0.480 e. The Hall–Kier alpha value is -2.72. The molecule has 24 heavy (non-hydrogen) atoms. The van der Waals surface area contributed by atoms with Crippen LogP contribution in [-0.2, 0) is 16.0 Å². The van der Waals surface area contributed by atoms with Crippen LogP contribution in [0.1, 0.15) is 37.3 Å². The molecule has 0 saturated heterocycles. The van der Waals surface area contributed by atoms with Crippen LogP contribution in [-0.4, -0.2) is 56.1 Å². The van der Waals surface area contributed by atoms with E-state index in [1.165, 1.54) is 0 Å². The SMILES string of the molecule is Cc1nnc(CCC(=O)NCCCCC(NC(=O)F)C(=O)O)nn1. The number of halogens is 1. The number of amides is 2. The molecule has 0 aromatic carbocycles. The molecule has 0 saturated carbocycles. The maximum atomic E-state index is 12.2. The second-order valence-electron chi connectivity index (χ2n) is 5.02. The first-order valence-corrected chi connectivity index (χ1v) is 7.37. The van der Waals surface area contributed by atoms with Gasteiger partial charge >= 0.3 is 12.1 Å². The number of carboxylic acid groups (broad SMARTS) is 1. The first kappa shape index (κ1) is 19.3. The zero-order chi connectivity index (χ0) is 17.9. The highest BCUT2D eigenvalue weighted by Gasteiger charge is 2.18. The van der Waals surface area contributed by atoms with E-state index in [9.17, 15) is 18.8 Å². The first-order valence-electron chi connectivity index (χ1n) is 7.37. The lowest BCUT2D eigenvalue weighted by atomic mass is 10.1. The van der Waals surface area contributed by atoms with Gasteiger partial charge in [-0.05, 0) is 26.2 Å². The van der Waals surface area contributed by atoms with E-state index in [1.807, 2.05) is 0 Å². The maximum absolute atomic E-state index is 12.2. The van der Waals surface area contributed by atoms with Gasteiger partial charge in [-0.3, -0.25) is 4.79 Å². The third-order valence-electron chi connectivity index (χ3n) is 3.02. The fourth-order valence-electron chi connectivity index (χ4n) is 1.81. The number of unbranched alkanes of at least 4 members (excludes halogenated alkanes) is 1. The van der Waals surface area contributed by atoms with Crippen molar-refractivity contribution in [1.29, 1.82) is 0 Å². The van der Waals surface area contributed by atoms with Gasteiger partial charge in [-0.15, -0.1) is 24.8 Å². The number of hydrogen-bond acceptors (Lipinski definition) is 7. The van der Waals surface area contributed by atoms with Gasteiger partial charge in [-0.1, -0.05) is 0 Å². The number of nitrogens with one attached hydrogen (secondary N) is 2. The molecule has 1 heterocycles. The van der Waals surface area contributed by atoms with Crippen molar-refractivity contribution in [3.05, 3.63) is 11.6 Å². The quantitative estimate of drug-likeness (QED) is 0.304. The van der Waals surface area contributed by atoms with Gasteiger partial charge in [0.1, 0.15) is 6.04 Å². The molecule has 0 fully saturated rings. The van der Waals surface area contributed by atoms with E-state index in [4.69, 9.17) is 5.11 Å². The van der Waals surface area contributed by atoms with E-state index in [-0.39, 0.29) is 18.7 Å². The Labute approximate surface area is 137 Å². The Kier molecular flexibility index (Phi) is 8.16. The van der Waals surface area contributed by atoms with Crippen molar-refractivity contribution in [3.8, 4) is 0 Å². The Morgan fingerprint density at radius 2 is 1.83 bits per heavy atom. The number of aliphatic carboxylic acids is 1. The molecule has 3 N–H and O–H groups in total. The van der Waals surface area contributed by atoms with Gasteiger partial charge in [0.15, 0.2) is 11.6 Å². The van der Waals surface area contributed by atoms with Crippen molar-refractivity contribution in [2.45, 2.75) is 45.1 Å². The van der Waals surface area contributed by atoms with Crippen molar-refractivity contribution in [3.63, 3.8) is 0 Å². The maximum Gasteiger partial charge on any atom is 0.398 e. The number of nitrogens with zero attached hydrogens (tertiary/aromatic N) is 4. The number of carbonyl (C=O) groups is 3. The van der Waals surface area contributed by atoms with Gasteiger partial charge in [0.25, 0.3) is 0 Å². The van der Waals surface area contributed by atoms with Gasteiger partial charge in [-0.25, -0.2) is 9.59 Å². The van der Waals surface area contributed by atoms with E-state index in [0.717, 1.165) is 0 Å². The van der Waals surface area contributed by atoms with Gasteiger partial charge in [-0.2, -0.15) is 0 Å². The number of rotatable bonds is 10. The summed E-state index contributed by atoms with van der Waals surface area (Å²) >= 11 is 0. The second-order valence-corrected chi connectivity index (χ2v) is 5.02. The number of hydrogen-bond donors (Lipinski definition) is 3. The lowest BCUT2D eigenvalue weighted by Crippen LogP contribution is -2.38. The molecule has 1 aromatic rings. The highest BCUT2D eigenvalue weighted by molar-refractivity contribution is 5.79. The number of aryl methyl sites for hydroxylation is 2. The molecule has 132 valence electrons. The summed E-state index contributed by atoms with van der Waals surface area (Å²) in [6, 6.07) is -1.27. The predicted octanol–water partition coefficient (Wildman–Crippen LogP) is -0.0736. The highest BCUT2D eigenvalue weighted by atomic mass is 19.1. The van der Waals surface area contributed by atoms with Crippen LogP contribution in [0, 0.1) is 6.92 Å². The van der Waals surface area contributed by atoms with Crippen molar-refractivity contribution in [1.82, 2.24) is 31.0 Å². The lowest BCUT2D eigenvalue weighted by molar-refractivity contribution is -0.139. The lowest BCUT2D eigenvalue weighted by Gasteiger charge is -2.11. The smallest absolute Gasteiger partial charge is 0.398 e. The van der Waals surface area contributed by atoms with Gasteiger partial charge in [0.2, 0.25) is 5.91 Å². The van der Waals surface area contributed by atoms with E-state index < -0.39 is 18.2 Å². The molecule has 0 bridgehead atoms. The summed E-state index contributed by atoms with van der Waals surface area (Å²) in [5.41, 5.74) is 0. The molecule has 1 atom stereocenters. The van der Waals surface area contributed by atoms with Crippen LogP contribution in [0.4, 0.5) is 9.18 Å². The average molecular weight is 342 g/mol. The molecule has 11 heteroatoms. The standard InChI is InChI=1S/C13H19FN6O4/c1-8-17-19-10(20-18-8)5-6-11(21)15-7-3-2-4-9(12(22)23)16-13(14)24/h9H,2-7H2,1H3,(H,15,21)(H,16,24)(H,22,23). The van der Waals surface area contributed by atoms with Crippen molar-refractivity contribution in [2.75, 3.05) is 6.54 Å². The summed E-state index contributed by atoms with van der Waals surface area (Å²) in [5, 5.41) is 28.2. The minimum atomic E-state index is -1.88. The van der Waals surface area contributed by atoms with E-state index in [1.54, 1.807) is 12.2 Å². The molecule has 0 radical (unpaired) electrons. The third kappa shape index (κ3) is 8.06. The summed E-state index contributed by atoms with van der Waals surface area (Å²) in [6.45, 7) is 2.00. The van der Waals surface area contributed by atoms with Crippen LogP contribution in [0.5, 0.6) is 0 Å². The van der Waals surface area contributed by atoms with Crippen LogP contribution < -0.4 is 10.6 Å². The van der Waals surface area contributed by atoms with Crippen LogP contribution in [0.2, 0.25) is 0 Å². The van der Waals surface area contributed by atoms with Crippen LogP contribution in [0.15, 0.2) is 0 Å². The number of carbonyl (C=O) groups excluding carboxylic acids is 2. The third-order valence-corrected chi connectivity index (χ3v) is 3.02. The van der Waals surface area contributed by atoms with Crippen LogP contribution in [0.25, 0.3) is 0 Å². The molecule has 0 spiro atoms. The number of carboxylic acids is 1. The summed E-state index contributed by atoms with van der Waals surface area (Å²) in [6.07, 6.45) is -0.389. The Bertz CT molecular complexity index is 568. The fraction of sp³-hybridized carbons (Fsp3) is 0.615. The zero-order valence-electron chi connectivity index (χ0n) is 13.2. The molecule has 0 aliphatic rings. The largest absolute Gasteiger partial charge is 0.480 e.